The maximum Gasteiger partial charge on any atom is 0.306 e. The van der Waals surface area contributed by atoms with Gasteiger partial charge in [-0.2, -0.15) is 0 Å². The molecule has 1 atom stereocenters. The molecule has 0 aromatic rings. The molecule has 0 fully saturated rings. The number of hydrogen-bond donors (Lipinski definition) is 0. The third-order valence-electron chi connectivity index (χ3n) is 9.31. The molecule has 0 aliphatic heterocycles. The van der Waals surface area contributed by atoms with Crippen molar-refractivity contribution in [3.63, 3.8) is 0 Å². The van der Waals surface area contributed by atoms with Gasteiger partial charge in [0.25, 0.3) is 0 Å². The van der Waals surface area contributed by atoms with Crippen LogP contribution in [0.5, 0.6) is 0 Å². The van der Waals surface area contributed by atoms with E-state index in [0.29, 0.717) is 19.3 Å². The fourth-order valence-corrected chi connectivity index (χ4v) is 5.88. The van der Waals surface area contributed by atoms with Gasteiger partial charge in [0, 0.05) is 19.3 Å². The van der Waals surface area contributed by atoms with Gasteiger partial charge in [-0.1, -0.05) is 175 Å². The smallest absolute Gasteiger partial charge is 0.306 e. The van der Waals surface area contributed by atoms with Gasteiger partial charge in [-0.15, -0.1) is 0 Å². The van der Waals surface area contributed by atoms with Gasteiger partial charge in [-0.3, -0.25) is 14.4 Å². The van der Waals surface area contributed by atoms with Gasteiger partial charge < -0.3 is 14.2 Å². The summed E-state index contributed by atoms with van der Waals surface area (Å²) in [5.74, 6) is -0.985. The Balaban J connectivity index is 4.51. The fourth-order valence-electron chi connectivity index (χ4n) is 5.88. The standard InChI is InChI=1S/C53H84O6/c1-4-7-10-13-16-19-22-25-26-27-29-31-34-37-40-43-46-52(55)58-49-50(48-57-51(54)45-42-39-36-33-30-24-21-18-15-12-9-6-3)59-53(56)47-44-41-38-35-32-28-23-20-17-14-11-8-5-2/h7-12,14,16-21,23,25-26,29,31,50H,4-6,13,15,22,24,27-28,30,32-49H2,1-3H3/b10-7-,11-8-,12-9-,17-14-,19-16-,21-18-,23-20-,26-25-,31-29-. The number of rotatable bonds is 40. The van der Waals surface area contributed by atoms with E-state index < -0.39 is 6.10 Å². The lowest BCUT2D eigenvalue weighted by atomic mass is 10.1. The summed E-state index contributed by atoms with van der Waals surface area (Å²) in [6, 6.07) is 0. The Bertz CT molecular complexity index is 1260. The molecule has 6 nitrogen and oxygen atoms in total. The summed E-state index contributed by atoms with van der Waals surface area (Å²) in [6.45, 7) is 6.19. The fraction of sp³-hybridized carbons (Fsp3) is 0.604. The van der Waals surface area contributed by atoms with Crippen molar-refractivity contribution >= 4 is 17.9 Å². The molecule has 0 aliphatic carbocycles. The molecule has 332 valence electrons. The molecule has 0 saturated carbocycles. The number of esters is 3. The molecule has 0 heterocycles. The molecule has 0 aromatic heterocycles. The Morgan fingerprint density at radius 3 is 1.15 bits per heavy atom. The van der Waals surface area contributed by atoms with Crippen LogP contribution in [0.2, 0.25) is 0 Å². The van der Waals surface area contributed by atoms with Crippen LogP contribution in [0.3, 0.4) is 0 Å². The first-order valence-electron chi connectivity index (χ1n) is 23.4. The minimum absolute atomic E-state index is 0.107. The van der Waals surface area contributed by atoms with Crippen LogP contribution < -0.4 is 0 Å². The van der Waals surface area contributed by atoms with E-state index in [2.05, 4.69) is 124 Å². The van der Waals surface area contributed by atoms with Crippen LogP contribution in [0.15, 0.2) is 109 Å². The molecule has 0 aliphatic rings. The molecule has 1 unspecified atom stereocenters. The summed E-state index contributed by atoms with van der Waals surface area (Å²) in [7, 11) is 0. The lowest BCUT2D eigenvalue weighted by Gasteiger charge is -2.18. The number of carbonyl (C=O) groups excluding carboxylic acids is 3. The number of allylic oxidation sites excluding steroid dienone is 18. The summed E-state index contributed by atoms with van der Waals surface area (Å²) in [5, 5.41) is 0. The number of carbonyl (C=O) groups is 3. The second-order valence-electron chi connectivity index (χ2n) is 14.9. The monoisotopic (exact) mass is 817 g/mol. The van der Waals surface area contributed by atoms with E-state index in [1.165, 1.54) is 0 Å². The van der Waals surface area contributed by atoms with E-state index in [1.807, 2.05) is 6.08 Å². The van der Waals surface area contributed by atoms with E-state index in [1.54, 1.807) is 0 Å². The largest absolute Gasteiger partial charge is 0.462 e. The van der Waals surface area contributed by atoms with Gasteiger partial charge in [0.1, 0.15) is 13.2 Å². The highest BCUT2D eigenvalue weighted by molar-refractivity contribution is 5.71. The highest BCUT2D eigenvalue weighted by Gasteiger charge is 2.19. The van der Waals surface area contributed by atoms with E-state index in [4.69, 9.17) is 14.2 Å². The van der Waals surface area contributed by atoms with Crippen molar-refractivity contribution in [3.05, 3.63) is 109 Å². The molecule has 0 radical (unpaired) electrons. The maximum absolute atomic E-state index is 12.7. The Labute approximate surface area is 361 Å². The molecule has 0 amide bonds. The molecule has 0 bridgehead atoms. The lowest BCUT2D eigenvalue weighted by molar-refractivity contribution is -0.167. The van der Waals surface area contributed by atoms with Crippen LogP contribution in [0, 0.1) is 0 Å². The first kappa shape index (κ1) is 55.1. The number of ether oxygens (including phenoxy) is 3. The number of unbranched alkanes of at least 4 members (excludes halogenated alkanes) is 13. The summed E-state index contributed by atoms with van der Waals surface area (Å²) < 4.78 is 16.7. The van der Waals surface area contributed by atoms with Gasteiger partial charge in [-0.25, -0.2) is 0 Å². The number of hydrogen-bond acceptors (Lipinski definition) is 6. The lowest BCUT2D eigenvalue weighted by Crippen LogP contribution is -2.30. The van der Waals surface area contributed by atoms with Crippen molar-refractivity contribution in [2.45, 2.75) is 194 Å². The van der Waals surface area contributed by atoms with Gasteiger partial charge in [0.2, 0.25) is 0 Å². The van der Waals surface area contributed by atoms with Gasteiger partial charge in [0.15, 0.2) is 6.10 Å². The molecular weight excluding hydrogens is 733 g/mol. The van der Waals surface area contributed by atoms with Crippen molar-refractivity contribution in [1.29, 1.82) is 0 Å². The second-order valence-corrected chi connectivity index (χ2v) is 14.9. The quantitative estimate of drug-likeness (QED) is 0.0201. The summed E-state index contributed by atoms with van der Waals surface area (Å²) >= 11 is 0. The van der Waals surface area contributed by atoms with E-state index in [0.717, 1.165) is 148 Å². The molecule has 59 heavy (non-hydrogen) atoms. The first-order chi connectivity index (χ1) is 29.0. The Kier molecular flexibility index (Phi) is 43.6. The molecule has 0 N–H and O–H groups in total. The highest BCUT2D eigenvalue weighted by Crippen LogP contribution is 2.12. The third kappa shape index (κ3) is 45.0. The Hall–Kier alpha value is -3.93. The average Bonchev–Trinajstić information content (AvgIpc) is 3.23. The van der Waals surface area contributed by atoms with Crippen LogP contribution in [0.4, 0.5) is 0 Å². The van der Waals surface area contributed by atoms with Crippen molar-refractivity contribution < 1.29 is 28.6 Å². The molecule has 0 spiro atoms. The minimum Gasteiger partial charge on any atom is -0.462 e. The van der Waals surface area contributed by atoms with Crippen LogP contribution in [-0.2, 0) is 28.6 Å². The second kappa shape index (κ2) is 46.8. The zero-order valence-electron chi connectivity index (χ0n) is 37.7. The summed E-state index contributed by atoms with van der Waals surface area (Å²) in [5.41, 5.74) is 0. The van der Waals surface area contributed by atoms with Crippen molar-refractivity contribution in [3.8, 4) is 0 Å². The zero-order valence-corrected chi connectivity index (χ0v) is 37.7. The molecule has 0 aromatic carbocycles. The van der Waals surface area contributed by atoms with Gasteiger partial charge >= 0.3 is 17.9 Å². The molecule has 0 rings (SSSR count). The third-order valence-corrected chi connectivity index (χ3v) is 9.31. The van der Waals surface area contributed by atoms with Crippen molar-refractivity contribution in [2.75, 3.05) is 13.2 Å². The highest BCUT2D eigenvalue weighted by atomic mass is 16.6. The maximum atomic E-state index is 12.7. The zero-order chi connectivity index (χ0) is 43.0. The summed E-state index contributed by atoms with van der Waals surface area (Å²) in [6.07, 6.45) is 62.1. The van der Waals surface area contributed by atoms with Crippen LogP contribution >= 0.6 is 0 Å². The van der Waals surface area contributed by atoms with Crippen LogP contribution in [-0.4, -0.2) is 37.2 Å². The van der Waals surface area contributed by atoms with Crippen LogP contribution in [0.1, 0.15) is 188 Å². The first-order valence-corrected chi connectivity index (χ1v) is 23.4. The minimum atomic E-state index is -0.808. The topological polar surface area (TPSA) is 78.9 Å². The van der Waals surface area contributed by atoms with Crippen molar-refractivity contribution in [1.82, 2.24) is 0 Å². The van der Waals surface area contributed by atoms with Crippen LogP contribution in [0.25, 0.3) is 0 Å². The predicted octanol–water partition coefficient (Wildman–Crippen LogP) is 15.2. The normalized spacial score (nSPS) is 13.1. The molecule has 0 saturated heterocycles. The van der Waals surface area contributed by atoms with E-state index >= 15 is 0 Å². The Morgan fingerprint density at radius 1 is 0.356 bits per heavy atom. The average molecular weight is 817 g/mol. The molecule has 6 heteroatoms. The predicted molar refractivity (Wildman–Crippen MR) is 251 cm³/mol. The SMILES string of the molecule is CC\C=C/C=C\C=C/CCCCCCCC(=O)OC(COC(=O)CCCCC/C=C\C/C=C\C/C=C\C/C=C\CC)COC(=O)CCCCCCC/C=C\C/C=C\CC. The van der Waals surface area contributed by atoms with Gasteiger partial charge in [0.05, 0.1) is 0 Å². The van der Waals surface area contributed by atoms with E-state index in [-0.39, 0.29) is 31.1 Å². The van der Waals surface area contributed by atoms with E-state index in [9.17, 15) is 14.4 Å². The Morgan fingerprint density at radius 2 is 0.695 bits per heavy atom. The molecular formula is C53H84O6. The van der Waals surface area contributed by atoms with Gasteiger partial charge in [-0.05, 0) is 103 Å². The summed E-state index contributed by atoms with van der Waals surface area (Å²) in [4.78, 5) is 37.8. The van der Waals surface area contributed by atoms with Crippen molar-refractivity contribution in [2.24, 2.45) is 0 Å².